The SMILES string of the molecule is Cn1c(CNC(=O)C=Cc2ccccc2)cc(=O)n(C)c1=O. The van der Waals surface area contributed by atoms with E-state index in [0.717, 1.165) is 10.1 Å². The molecule has 0 bridgehead atoms. The zero-order valence-electron chi connectivity index (χ0n) is 12.4. The maximum absolute atomic E-state index is 11.8. The molecule has 2 aromatic rings. The fourth-order valence-electron chi connectivity index (χ4n) is 1.92. The maximum Gasteiger partial charge on any atom is 0.330 e. The lowest BCUT2D eigenvalue weighted by atomic mass is 10.2. The van der Waals surface area contributed by atoms with Gasteiger partial charge in [0.1, 0.15) is 0 Å². The molecule has 0 radical (unpaired) electrons. The Balaban J connectivity index is 2.05. The van der Waals surface area contributed by atoms with E-state index in [4.69, 9.17) is 0 Å². The third-order valence-electron chi connectivity index (χ3n) is 3.30. The summed E-state index contributed by atoms with van der Waals surface area (Å²) in [4.78, 5) is 35.1. The molecule has 22 heavy (non-hydrogen) atoms. The molecule has 1 aromatic heterocycles. The van der Waals surface area contributed by atoms with Crippen molar-refractivity contribution >= 4 is 12.0 Å². The van der Waals surface area contributed by atoms with Gasteiger partial charge >= 0.3 is 5.69 Å². The van der Waals surface area contributed by atoms with Gasteiger partial charge in [-0.25, -0.2) is 4.79 Å². The van der Waals surface area contributed by atoms with Gasteiger partial charge in [0.25, 0.3) is 5.56 Å². The minimum Gasteiger partial charge on any atom is -0.347 e. The Morgan fingerprint density at radius 3 is 2.50 bits per heavy atom. The number of carbonyl (C=O) groups is 1. The largest absolute Gasteiger partial charge is 0.347 e. The summed E-state index contributed by atoms with van der Waals surface area (Å²) in [5.41, 5.74) is 0.553. The molecule has 0 spiro atoms. The Morgan fingerprint density at radius 2 is 1.82 bits per heavy atom. The molecule has 1 heterocycles. The van der Waals surface area contributed by atoms with Crippen molar-refractivity contribution in [3.8, 4) is 0 Å². The molecule has 0 aliphatic rings. The molecular formula is C16H17N3O3. The van der Waals surface area contributed by atoms with Gasteiger partial charge in [-0.2, -0.15) is 0 Å². The van der Waals surface area contributed by atoms with Crippen LogP contribution in [0.4, 0.5) is 0 Å². The van der Waals surface area contributed by atoms with Crippen LogP contribution in [0.5, 0.6) is 0 Å². The van der Waals surface area contributed by atoms with Gasteiger partial charge in [0.15, 0.2) is 0 Å². The Morgan fingerprint density at radius 1 is 1.14 bits per heavy atom. The fourth-order valence-corrected chi connectivity index (χ4v) is 1.92. The Kier molecular flexibility index (Phi) is 4.73. The summed E-state index contributed by atoms with van der Waals surface area (Å²) in [5, 5.41) is 2.65. The lowest BCUT2D eigenvalue weighted by Crippen LogP contribution is -2.39. The highest BCUT2D eigenvalue weighted by atomic mass is 16.2. The van der Waals surface area contributed by atoms with E-state index in [1.165, 1.54) is 23.8 Å². The lowest BCUT2D eigenvalue weighted by Gasteiger charge is -2.09. The van der Waals surface area contributed by atoms with Crippen molar-refractivity contribution < 1.29 is 4.79 Å². The smallest absolute Gasteiger partial charge is 0.330 e. The average molecular weight is 299 g/mol. The lowest BCUT2D eigenvalue weighted by molar-refractivity contribution is -0.116. The van der Waals surface area contributed by atoms with Crippen LogP contribution in [-0.4, -0.2) is 15.0 Å². The van der Waals surface area contributed by atoms with Crippen LogP contribution in [-0.2, 0) is 25.4 Å². The first-order valence-corrected chi connectivity index (χ1v) is 6.76. The van der Waals surface area contributed by atoms with Gasteiger partial charge in [-0.15, -0.1) is 0 Å². The van der Waals surface area contributed by atoms with E-state index in [9.17, 15) is 14.4 Å². The number of nitrogens with one attached hydrogen (secondary N) is 1. The van der Waals surface area contributed by atoms with Gasteiger partial charge in [0.05, 0.1) is 6.54 Å². The second-order valence-corrected chi connectivity index (χ2v) is 4.84. The monoisotopic (exact) mass is 299 g/mol. The minimum absolute atomic E-state index is 0.111. The van der Waals surface area contributed by atoms with Crippen molar-refractivity contribution in [3.05, 3.63) is 74.6 Å². The molecular weight excluding hydrogens is 282 g/mol. The van der Waals surface area contributed by atoms with E-state index in [1.54, 1.807) is 13.1 Å². The summed E-state index contributed by atoms with van der Waals surface area (Å²) in [6.07, 6.45) is 3.10. The van der Waals surface area contributed by atoms with E-state index >= 15 is 0 Å². The number of rotatable bonds is 4. The Labute approximate surface area is 127 Å². The molecule has 1 aromatic carbocycles. The van der Waals surface area contributed by atoms with Gasteiger partial charge in [0, 0.05) is 31.9 Å². The second kappa shape index (κ2) is 6.71. The maximum atomic E-state index is 11.8. The standard InChI is InChI=1S/C16H17N3O3/c1-18-13(10-15(21)19(2)16(18)22)11-17-14(20)9-8-12-6-4-3-5-7-12/h3-10H,11H2,1-2H3,(H,17,20). The van der Waals surface area contributed by atoms with E-state index in [-0.39, 0.29) is 12.5 Å². The summed E-state index contributed by atoms with van der Waals surface area (Å²) in [5.74, 6) is -0.294. The van der Waals surface area contributed by atoms with Crippen molar-refractivity contribution in [1.29, 1.82) is 0 Å². The molecule has 0 aliphatic carbocycles. The van der Waals surface area contributed by atoms with Gasteiger partial charge in [-0.05, 0) is 11.6 Å². The molecule has 0 saturated heterocycles. The Bertz CT molecular complexity index is 817. The predicted molar refractivity (Wildman–Crippen MR) is 84.2 cm³/mol. The highest BCUT2D eigenvalue weighted by Gasteiger charge is 2.06. The molecule has 114 valence electrons. The molecule has 0 saturated carbocycles. The zero-order valence-corrected chi connectivity index (χ0v) is 12.4. The normalized spacial score (nSPS) is 10.8. The summed E-state index contributed by atoms with van der Waals surface area (Å²) < 4.78 is 2.35. The van der Waals surface area contributed by atoms with E-state index < -0.39 is 11.2 Å². The Hall–Kier alpha value is -2.89. The number of aromatic nitrogens is 2. The predicted octanol–water partition coefficient (Wildman–Crippen LogP) is 0.414. The number of hydrogen-bond donors (Lipinski definition) is 1. The number of hydrogen-bond acceptors (Lipinski definition) is 3. The minimum atomic E-state index is -0.420. The van der Waals surface area contributed by atoms with Gasteiger partial charge in [0.2, 0.25) is 5.91 Å². The highest BCUT2D eigenvalue weighted by Crippen LogP contribution is 2.00. The third-order valence-corrected chi connectivity index (χ3v) is 3.30. The van der Waals surface area contributed by atoms with Crippen LogP contribution in [0.2, 0.25) is 0 Å². The van der Waals surface area contributed by atoms with Gasteiger partial charge in [-0.1, -0.05) is 30.3 Å². The van der Waals surface area contributed by atoms with Crippen molar-refractivity contribution in [3.63, 3.8) is 0 Å². The van der Waals surface area contributed by atoms with E-state index in [2.05, 4.69) is 5.32 Å². The quantitative estimate of drug-likeness (QED) is 0.831. The summed E-state index contributed by atoms with van der Waals surface area (Å²) >= 11 is 0. The van der Waals surface area contributed by atoms with Crippen molar-refractivity contribution in [2.75, 3.05) is 0 Å². The molecule has 6 heteroatoms. The molecule has 2 rings (SSSR count). The third kappa shape index (κ3) is 3.60. The molecule has 6 nitrogen and oxygen atoms in total. The van der Waals surface area contributed by atoms with Crippen LogP contribution in [0.3, 0.4) is 0 Å². The van der Waals surface area contributed by atoms with Crippen LogP contribution in [0.15, 0.2) is 52.1 Å². The fraction of sp³-hybridized carbons (Fsp3) is 0.188. The molecule has 0 fully saturated rings. The van der Waals surface area contributed by atoms with Crippen molar-refractivity contribution in [2.24, 2.45) is 14.1 Å². The van der Waals surface area contributed by atoms with Crippen molar-refractivity contribution in [2.45, 2.75) is 6.54 Å². The first kappa shape index (κ1) is 15.5. The zero-order chi connectivity index (χ0) is 16.1. The van der Waals surface area contributed by atoms with Gasteiger partial charge in [-0.3, -0.25) is 18.7 Å². The highest BCUT2D eigenvalue weighted by molar-refractivity contribution is 5.91. The average Bonchev–Trinajstić information content (AvgIpc) is 2.54. The molecule has 0 atom stereocenters. The van der Waals surface area contributed by atoms with Crippen LogP contribution >= 0.6 is 0 Å². The van der Waals surface area contributed by atoms with Crippen LogP contribution in [0, 0.1) is 0 Å². The molecule has 1 N–H and O–H groups in total. The number of amides is 1. The molecule has 0 aliphatic heterocycles. The number of carbonyl (C=O) groups excluding carboxylic acids is 1. The summed E-state index contributed by atoms with van der Waals surface area (Å²) in [6, 6.07) is 10.8. The number of nitrogens with zero attached hydrogens (tertiary/aromatic N) is 2. The van der Waals surface area contributed by atoms with Crippen LogP contribution in [0.25, 0.3) is 6.08 Å². The van der Waals surface area contributed by atoms with Gasteiger partial charge < -0.3 is 5.32 Å². The van der Waals surface area contributed by atoms with Crippen LogP contribution < -0.4 is 16.6 Å². The van der Waals surface area contributed by atoms with E-state index in [1.807, 2.05) is 30.3 Å². The van der Waals surface area contributed by atoms with E-state index in [0.29, 0.717) is 5.69 Å². The van der Waals surface area contributed by atoms with Crippen molar-refractivity contribution in [1.82, 2.24) is 14.5 Å². The molecule has 1 amide bonds. The van der Waals surface area contributed by atoms with Crippen LogP contribution in [0.1, 0.15) is 11.3 Å². The second-order valence-electron chi connectivity index (χ2n) is 4.84. The number of benzene rings is 1. The topological polar surface area (TPSA) is 73.1 Å². The summed E-state index contributed by atoms with van der Waals surface area (Å²) in [6.45, 7) is 0.111. The first-order chi connectivity index (χ1) is 10.5. The molecule has 0 unspecified atom stereocenters. The first-order valence-electron chi connectivity index (χ1n) is 6.76. The summed E-state index contributed by atoms with van der Waals surface area (Å²) in [7, 11) is 2.97.